The Morgan fingerprint density at radius 1 is 1.10 bits per heavy atom. The average Bonchev–Trinajstić information content (AvgIpc) is 2.46. The molecule has 0 saturated carbocycles. The molecule has 0 heterocycles. The molecule has 0 spiro atoms. The van der Waals surface area contributed by atoms with E-state index in [1.54, 1.807) is 12.1 Å². The molecule has 5 heteroatoms. The molecule has 21 heavy (non-hydrogen) atoms. The quantitative estimate of drug-likeness (QED) is 0.582. The van der Waals surface area contributed by atoms with Crippen molar-refractivity contribution in [1.29, 1.82) is 0 Å². The Hall–Kier alpha value is -1.76. The van der Waals surface area contributed by atoms with Gasteiger partial charge in [-0.2, -0.15) is 0 Å². The number of hydrogen-bond donors (Lipinski definition) is 0. The molecule has 2 aromatic carbocycles. The van der Waals surface area contributed by atoms with E-state index in [1.165, 1.54) is 24.3 Å². The van der Waals surface area contributed by atoms with E-state index in [1.807, 2.05) is 0 Å². The molecule has 108 valence electrons. The van der Waals surface area contributed by atoms with E-state index < -0.39 is 11.6 Å². The van der Waals surface area contributed by atoms with Crippen molar-refractivity contribution in [3.63, 3.8) is 0 Å². The summed E-state index contributed by atoms with van der Waals surface area (Å²) in [7, 11) is 0. The lowest BCUT2D eigenvalue weighted by Gasteiger charge is -2.09. The van der Waals surface area contributed by atoms with Gasteiger partial charge >= 0.3 is 0 Å². The first-order chi connectivity index (χ1) is 10.1. The lowest BCUT2D eigenvalue weighted by atomic mass is 10.2. The van der Waals surface area contributed by atoms with Crippen molar-refractivity contribution >= 4 is 23.2 Å². The van der Waals surface area contributed by atoms with Crippen LogP contribution in [0, 0.1) is 23.5 Å². The minimum absolute atomic E-state index is 0.0857. The summed E-state index contributed by atoms with van der Waals surface area (Å²) in [6.07, 6.45) is 0. The number of alkyl halides is 1. The van der Waals surface area contributed by atoms with Crippen LogP contribution < -0.4 is 4.74 Å². The van der Waals surface area contributed by atoms with Gasteiger partial charge in [-0.1, -0.05) is 29.5 Å². The molecule has 0 amide bonds. The maximum Gasteiger partial charge on any atom is 0.142 e. The molecule has 0 radical (unpaired) electrons. The lowest BCUT2D eigenvalue weighted by Crippen LogP contribution is -2.00. The Bertz CT molecular complexity index is 685. The zero-order chi connectivity index (χ0) is 15.2. The minimum atomic E-state index is -0.523. The first-order valence-corrected chi connectivity index (χ1v) is 6.93. The van der Waals surface area contributed by atoms with Gasteiger partial charge in [0.2, 0.25) is 0 Å². The van der Waals surface area contributed by atoms with Gasteiger partial charge in [-0.25, -0.2) is 8.78 Å². The van der Waals surface area contributed by atoms with Crippen LogP contribution in [0.2, 0.25) is 5.02 Å². The van der Waals surface area contributed by atoms with Gasteiger partial charge in [0.25, 0.3) is 0 Å². The van der Waals surface area contributed by atoms with Gasteiger partial charge < -0.3 is 4.74 Å². The van der Waals surface area contributed by atoms with Gasteiger partial charge in [0.1, 0.15) is 24.0 Å². The maximum atomic E-state index is 13.7. The third-order valence-corrected chi connectivity index (χ3v) is 3.16. The van der Waals surface area contributed by atoms with E-state index in [4.69, 9.17) is 27.9 Å². The molecule has 0 fully saturated rings. The van der Waals surface area contributed by atoms with Crippen LogP contribution in [0.5, 0.6) is 5.75 Å². The van der Waals surface area contributed by atoms with Crippen LogP contribution in [-0.2, 0) is 6.61 Å². The highest BCUT2D eigenvalue weighted by Crippen LogP contribution is 2.22. The number of rotatable bonds is 3. The van der Waals surface area contributed by atoms with Crippen LogP contribution >= 0.6 is 23.2 Å². The highest BCUT2D eigenvalue weighted by Gasteiger charge is 2.08. The molecule has 0 aliphatic carbocycles. The van der Waals surface area contributed by atoms with Crippen LogP contribution in [0.15, 0.2) is 36.4 Å². The molecular weight excluding hydrogens is 317 g/mol. The van der Waals surface area contributed by atoms with Crippen LogP contribution in [0.3, 0.4) is 0 Å². The van der Waals surface area contributed by atoms with Crippen LogP contribution in [0.25, 0.3) is 0 Å². The largest absolute Gasteiger partial charge is 0.489 e. The van der Waals surface area contributed by atoms with E-state index >= 15 is 0 Å². The Morgan fingerprint density at radius 3 is 2.57 bits per heavy atom. The number of ether oxygens (including phenoxy) is 1. The van der Waals surface area contributed by atoms with Gasteiger partial charge in [-0.15, -0.1) is 11.6 Å². The van der Waals surface area contributed by atoms with E-state index in [9.17, 15) is 8.78 Å². The summed E-state index contributed by atoms with van der Waals surface area (Å²) in [6.45, 7) is -0.0857. The molecule has 0 aliphatic rings. The summed E-state index contributed by atoms with van der Waals surface area (Å²) < 4.78 is 32.7. The van der Waals surface area contributed by atoms with E-state index in [-0.39, 0.29) is 34.4 Å². The molecule has 2 aromatic rings. The second-order valence-corrected chi connectivity index (χ2v) is 4.74. The first-order valence-electron chi connectivity index (χ1n) is 6.02. The van der Waals surface area contributed by atoms with Crippen molar-refractivity contribution in [3.8, 4) is 17.6 Å². The summed E-state index contributed by atoms with van der Waals surface area (Å²) in [4.78, 5) is 0. The van der Waals surface area contributed by atoms with E-state index in [2.05, 4.69) is 11.8 Å². The van der Waals surface area contributed by atoms with Crippen LogP contribution in [-0.4, -0.2) is 5.88 Å². The smallest absolute Gasteiger partial charge is 0.142 e. The zero-order valence-corrected chi connectivity index (χ0v) is 12.3. The molecule has 0 aromatic heterocycles. The fourth-order valence-electron chi connectivity index (χ4n) is 1.64. The Balaban J connectivity index is 2.12. The van der Waals surface area contributed by atoms with Gasteiger partial charge in [0, 0.05) is 11.6 Å². The predicted molar refractivity (Wildman–Crippen MR) is 79.7 cm³/mol. The Labute approximate surface area is 131 Å². The zero-order valence-electron chi connectivity index (χ0n) is 10.8. The van der Waals surface area contributed by atoms with Crippen molar-refractivity contribution < 1.29 is 13.5 Å². The standard InChI is InChI=1S/C16H10Cl2F2O/c17-8-2-3-11-6-7-12(9-16(11)20)21-10-13-14(18)4-1-5-15(13)19/h1,4-7,9H,8,10H2. The molecule has 0 bridgehead atoms. The maximum absolute atomic E-state index is 13.7. The third-order valence-electron chi connectivity index (χ3n) is 2.68. The Morgan fingerprint density at radius 2 is 1.90 bits per heavy atom. The third kappa shape index (κ3) is 4.10. The molecule has 0 N–H and O–H groups in total. The number of hydrogen-bond acceptors (Lipinski definition) is 1. The molecule has 1 nitrogen and oxygen atoms in total. The SMILES string of the molecule is Fc1cc(OCc2c(F)cccc2Cl)ccc1C#CCCl. The summed E-state index contributed by atoms with van der Waals surface area (Å²) in [5, 5.41) is 0.264. The van der Waals surface area contributed by atoms with Crippen molar-refractivity contribution in [3.05, 3.63) is 64.2 Å². The normalized spacial score (nSPS) is 9.90. The second kappa shape index (κ2) is 7.31. The molecule has 2 rings (SSSR count). The summed E-state index contributed by atoms with van der Waals surface area (Å²) in [6, 6.07) is 8.58. The van der Waals surface area contributed by atoms with Crippen molar-refractivity contribution in [2.45, 2.75) is 6.61 Å². The molecular formula is C16H10Cl2F2O. The van der Waals surface area contributed by atoms with Gasteiger partial charge in [-0.05, 0) is 24.3 Å². The van der Waals surface area contributed by atoms with Gasteiger partial charge in [-0.3, -0.25) is 0 Å². The fraction of sp³-hybridized carbons (Fsp3) is 0.125. The van der Waals surface area contributed by atoms with E-state index in [0.717, 1.165) is 0 Å². The average molecular weight is 327 g/mol. The fourth-order valence-corrected chi connectivity index (χ4v) is 1.93. The van der Waals surface area contributed by atoms with Crippen LogP contribution in [0.4, 0.5) is 8.78 Å². The van der Waals surface area contributed by atoms with E-state index in [0.29, 0.717) is 0 Å². The molecule has 0 atom stereocenters. The van der Waals surface area contributed by atoms with Gasteiger partial charge in [0.15, 0.2) is 0 Å². The summed E-state index contributed by atoms with van der Waals surface area (Å²) in [5.74, 6) is 4.56. The molecule has 0 saturated heterocycles. The van der Waals surface area contributed by atoms with Crippen molar-refractivity contribution in [2.75, 3.05) is 5.88 Å². The lowest BCUT2D eigenvalue weighted by molar-refractivity contribution is 0.298. The summed E-state index contributed by atoms with van der Waals surface area (Å²) >= 11 is 11.3. The highest BCUT2D eigenvalue weighted by molar-refractivity contribution is 6.31. The predicted octanol–water partition coefficient (Wildman–Crippen LogP) is 4.79. The highest BCUT2D eigenvalue weighted by atomic mass is 35.5. The number of benzene rings is 2. The van der Waals surface area contributed by atoms with Crippen LogP contribution in [0.1, 0.15) is 11.1 Å². The first kappa shape index (κ1) is 15.6. The van der Waals surface area contributed by atoms with Crippen molar-refractivity contribution in [2.24, 2.45) is 0 Å². The Kier molecular flexibility index (Phi) is 5.44. The monoisotopic (exact) mass is 326 g/mol. The summed E-state index contributed by atoms with van der Waals surface area (Å²) in [5.41, 5.74) is 0.456. The molecule has 0 unspecified atom stereocenters. The second-order valence-electron chi connectivity index (χ2n) is 4.07. The van der Waals surface area contributed by atoms with Crippen molar-refractivity contribution in [1.82, 2.24) is 0 Å². The minimum Gasteiger partial charge on any atom is -0.489 e. The number of halogens is 4. The topological polar surface area (TPSA) is 9.23 Å². The van der Waals surface area contributed by atoms with Gasteiger partial charge in [0.05, 0.1) is 16.5 Å². The molecule has 0 aliphatic heterocycles.